The maximum Gasteiger partial charge on any atom is 0.407 e. The molecule has 23 heavy (non-hydrogen) atoms. The van der Waals surface area contributed by atoms with Gasteiger partial charge < -0.3 is 19.9 Å². The predicted octanol–water partition coefficient (Wildman–Crippen LogP) is 2.94. The van der Waals surface area contributed by atoms with E-state index in [-0.39, 0.29) is 0 Å². The third kappa shape index (κ3) is 6.02. The lowest BCUT2D eigenvalue weighted by atomic mass is 10.2. The zero-order valence-corrected chi connectivity index (χ0v) is 13.9. The molecule has 0 saturated heterocycles. The Kier molecular flexibility index (Phi) is 5.62. The average Bonchev–Trinajstić information content (AvgIpc) is 2.98. The number of ether oxygens (including phenoxy) is 1. The molecule has 0 atom stereocenters. The highest BCUT2D eigenvalue weighted by molar-refractivity contribution is 5.67. The lowest BCUT2D eigenvalue weighted by molar-refractivity contribution is 0.0529. The Bertz CT molecular complexity index is 591. The summed E-state index contributed by atoms with van der Waals surface area (Å²) in [6, 6.07) is 10.0. The molecule has 0 aliphatic rings. The summed E-state index contributed by atoms with van der Waals surface area (Å²) in [5.74, 6) is 0.881. The minimum Gasteiger partial charge on any atom is -0.444 e. The van der Waals surface area contributed by atoms with Gasteiger partial charge in [0.15, 0.2) is 0 Å². The highest BCUT2D eigenvalue weighted by Crippen LogP contribution is 2.15. The number of aromatic amines is 1. The fourth-order valence-corrected chi connectivity index (χ4v) is 2.11. The topological polar surface area (TPSA) is 70.2 Å². The molecule has 2 N–H and O–H groups in total. The van der Waals surface area contributed by atoms with Crippen LogP contribution in [-0.2, 0) is 11.3 Å². The van der Waals surface area contributed by atoms with E-state index in [0.29, 0.717) is 19.6 Å². The predicted molar refractivity (Wildman–Crippen MR) is 90.3 cm³/mol. The Morgan fingerprint density at radius 1 is 1.30 bits per heavy atom. The van der Waals surface area contributed by atoms with Crippen LogP contribution in [0, 0.1) is 0 Å². The number of carbonyl (C=O) groups excluding carboxylic acids is 1. The van der Waals surface area contributed by atoms with E-state index in [9.17, 15) is 4.79 Å². The number of nitrogens with one attached hydrogen (secondary N) is 2. The summed E-state index contributed by atoms with van der Waals surface area (Å²) in [6.45, 7) is 7.33. The van der Waals surface area contributed by atoms with Gasteiger partial charge in [0.25, 0.3) is 0 Å². The van der Waals surface area contributed by atoms with E-state index in [1.807, 2.05) is 51.1 Å². The van der Waals surface area contributed by atoms with E-state index < -0.39 is 11.7 Å². The van der Waals surface area contributed by atoms with Crippen molar-refractivity contribution in [3.05, 3.63) is 48.5 Å². The van der Waals surface area contributed by atoms with Gasteiger partial charge in [-0.3, -0.25) is 0 Å². The number of nitrogens with zero attached hydrogens (tertiary/aromatic N) is 2. The molecule has 1 aromatic heterocycles. The number of hydrogen-bond donors (Lipinski definition) is 2. The molecular weight excluding hydrogens is 292 g/mol. The van der Waals surface area contributed by atoms with Crippen molar-refractivity contribution in [2.24, 2.45) is 0 Å². The second-order valence-corrected chi connectivity index (χ2v) is 6.22. The van der Waals surface area contributed by atoms with Crippen LogP contribution in [0.2, 0.25) is 0 Å². The third-order valence-corrected chi connectivity index (χ3v) is 3.07. The number of alkyl carbamates (subject to hydrolysis) is 1. The van der Waals surface area contributed by atoms with Crippen molar-refractivity contribution in [2.45, 2.75) is 32.9 Å². The summed E-state index contributed by atoms with van der Waals surface area (Å²) in [5, 5.41) is 2.79. The number of H-pyrrole nitrogens is 1. The lowest BCUT2D eigenvalue weighted by Gasteiger charge is -2.25. The van der Waals surface area contributed by atoms with Gasteiger partial charge in [0.1, 0.15) is 11.4 Å². The van der Waals surface area contributed by atoms with Crippen molar-refractivity contribution in [3.8, 4) is 0 Å². The van der Waals surface area contributed by atoms with Crippen LogP contribution in [-0.4, -0.2) is 34.8 Å². The van der Waals surface area contributed by atoms with Crippen LogP contribution >= 0.6 is 0 Å². The van der Waals surface area contributed by atoms with Gasteiger partial charge in [-0.25, -0.2) is 9.78 Å². The number of amides is 1. The van der Waals surface area contributed by atoms with Crippen molar-refractivity contribution in [3.63, 3.8) is 0 Å². The van der Waals surface area contributed by atoms with E-state index in [4.69, 9.17) is 4.74 Å². The van der Waals surface area contributed by atoms with E-state index in [1.165, 1.54) is 0 Å². The molecule has 0 unspecified atom stereocenters. The van der Waals surface area contributed by atoms with Crippen molar-refractivity contribution < 1.29 is 9.53 Å². The number of imidazole rings is 1. The van der Waals surface area contributed by atoms with Crippen LogP contribution in [0.25, 0.3) is 0 Å². The molecule has 0 aliphatic heterocycles. The molecule has 0 spiro atoms. The summed E-state index contributed by atoms with van der Waals surface area (Å²) in [7, 11) is 0. The first kappa shape index (κ1) is 16.9. The minimum absolute atomic E-state index is 0.400. The molecule has 6 heteroatoms. The molecule has 0 bridgehead atoms. The Morgan fingerprint density at radius 3 is 2.65 bits per heavy atom. The lowest BCUT2D eigenvalue weighted by Crippen LogP contribution is -2.38. The smallest absolute Gasteiger partial charge is 0.407 e. The molecule has 2 rings (SSSR count). The van der Waals surface area contributed by atoms with Gasteiger partial charge in [-0.2, -0.15) is 0 Å². The molecule has 0 saturated carbocycles. The first-order valence-electron chi connectivity index (χ1n) is 7.69. The first-order valence-corrected chi connectivity index (χ1v) is 7.69. The third-order valence-electron chi connectivity index (χ3n) is 3.07. The molecule has 6 nitrogen and oxygen atoms in total. The zero-order chi connectivity index (χ0) is 16.7. The van der Waals surface area contributed by atoms with Gasteiger partial charge in [-0.1, -0.05) is 18.2 Å². The number of benzene rings is 1. The summed E-state index contributed by atoms with van der Waals surface area (Å²) < 4.78 is 5.24. The highest BCUT2D eigenvalue weighted by atomic mass is 16.6. The Morgan fingerprint density at radius 2 is 2.04 bits per heavy atom. The van der Waals surface area contributed by atoms with E-state index >= 15 is 0 Å². The number of hydrogen-bond acceptors (Lipinski definition) is 4. The van der Waals surface area contributed by atoms with Crippen LogP contribution in [0.3, 0.4) is 0 Å². The Labute approximate surface area is 136 Å². The molecular formula is C17H24N4O2. The number of aromatic nitrogens is 2. The first-order chi connectivity index (χ1) is 10.9. The quantitative estimate of drug-likeness (QED) is 0.859. The van der Waals surface area contributed by atoms with Gasteiger partial charge in [-0.15, -0.1) is 0 Å². The highest BCUT2D eigenvalue weighted by Gasteiger charge is 2.16. The molecule has 0 fully saturated rings. The summed E-state index contributed by atoms with van der Waals surface area (Å²) in [6.07, 6.45) is 3.14. The fraction of sp³-hybridized carbons (Fsp3) is 0.412. The number of carbonyl (C=O) groups is 1. The summed E-state index contributed by atoms with van der Waals surface area (Å²) in [5.41, 5.74) is 0.590. The molecule has 0 aliphatic carbocycles. The molecule has 2 aromatic rings. The normalized spacial score (nSPS) is 11.1. The Balaban J connectivity index is 1.92. The second kappa shape index (κ2) is 7.67. The largest absolute Gasteiger partial charge is 0.444 e. The Hall–Kier alpha value is -2.50. The summed E-state index contributed by atoms with van der Waals surface area (Å²) >= 11 is 0. The second-order valence-electron chi connectivity index (χ2n) is 6.22. The molecule has 124 valence electrons. The maximum absolute atomic E-state index is 11.7. The van der Waals surface area contributed by atoms with Crippen molar-refractivity contribution >= 4 is 11.8 Å². The van der Waals surface area contributed by atoms with E-state index in [1.54, 1.807) is 12.4 Å². The fourth-order valence-electron chi connectivity index (χ4n) is 2.11. The zero-order valence-electron chi connectivity index (χ0n) is 13.9. The van der Waals surface area contributed by atoms with Crippen LogP contribution < -0.4 is 10.2 Å². The van der Waals surface area contributed by atoms with Crippen molar-refractivity contribution in [2.75, 3.05) is 18.0 Å². The number of para-hydroxylation sites is 1. The van der Waals surface area contributed by atoms with Gasteiger partial charge in [0, 0.05) is 31.2 Å². The van der Waals surface area contributed by atoms with E-state index in [2.05, 4.69) is 20.2 Å². The van der Waals surface area contributed by atoms with Crippen LogP contribution in [0.4, 0.5) is 10.5 Å². The van der Waals surface area contributed by atoms with Crippen LogP contribution in [0.15, 0.2) is 42.7 Å². The molecule has 1 heterocycles. The van der Waals surface area contributed by atoms with Crippen molar-refractivity contribution in [1.29, 1.82) is 0 Å². The molecule has 0 radical (unpaired) electrons. The molecule has 1 amide bonds. The van der Waals surface area contributed by atoms with E-state index in [0.717, 1.165) is 11.5 Å². The SMILES string of the molecule is CC(C)(C)OC(=O)NCCN(Cc1ncc[nH]1)c1ccccc1. The maximum atomic E-state index is 11.7. The summed E-state index contributed by atoms with van der Waals surface area (Å²) in [4.78, 5) is 21.2. The van der Waals surface area contributed by atoms with Gasteiger partial charge in [-0.05, 0) is 32.9 Å². The van der Waals surface area contributed by atoms with Crippen molar-refractivity contribution in [1.82, 2.24) is 15.3 Å². The molecule has 1 aromatic carbocycles. The number of rotatable bonds is 6. The van der Waals surface area contributed by atoms with Crippen LogP contribution in [0.5, 0.6) is 0 Å². The van der Waals surface area contributed by atoms with Gasteiger partial charge in [0.05, 0.1) is 6.54 Å². The minimum atomic E-state index is -0.489. The standard InChI is InChI=1S/C17H24N4O2/c1-17(2,3)23-16(22)20-11-12-21(13-15-18-9-10-19-15)14-7-5-4-6-8-14/h4-10H,11-13H2,1-3H3,(H,18,19)(H,20,22). The van der Waals surface area contributed by atoms with Gasteiger partial charge >= 0.3 is 6.09 Å². The average molecular weight is 316 g/mol. The van der Waals surface area contributed by atoms with Crippen LogP contribution in [0.1, 0.15) is 26.6 Å². The monoisotopic (exact) mass is 316 g/mol. The number of anilines is 1. The van der Waals surface area contributed by atoms with Gasteiger partial charge in [0.2, 0.25) is 0 Å².